The maximum absolute atomic E-state index is 13.5. The van der Waals surface area contributed by atoms with Gasteiger partial charge in [-0.1, -0.05) is 74.7 Å². The molecule has 2 amide bonds. The number of carbonyl (C=O) groups excluding carboxylic acids is 2. The lowest BCUT2D eigenvalue weighted by molar-refractivity contribution is -0.117. The van der Waals surface area contributed by atoms with Gasteiger partial charge in [0.1, 0.15) is 0 Å². The van der Waals surface area contributed by atoms with Gasteiger partial charge in [0.05, 0.1) is 12.2 Å². The summed E-state index contributed by atoms with van der Waals surface area (Å²) in [7, 11) is 0. The summed E-state index contributed by atoms with van der Waals surface area (Å²) in [6.07, 6.45) is 5.11. The van der Waals surface area contributed by atoms with Crippen LogP contribution in [-0.2, 0) is 11.3 Å². The summed E-state index contributed by atoms with van der Waals surface area (Å²) >= 11 is 6.03. The average Bonchev–Trinajstić information content (AvgIpc) is 2.90. The summed E-state index contributed by atoms with van der Waals surface area (Å²) in [6.45, 7) is 4.87. The Balaban J connectivity index is 1.34. The molecule has 0 bridgehead atoms. The maximum Gasteiger partial charge on any atom is 0.294 e. The van der Waals surface area contributed by atoms with Crippen LogP contribution in [0.15, 0.2) is 78.6 Å². The second-order valence-corrected chi connectivity index (χ2v) is 10.5. The van der Waals surface area contributed by atoms with Crippen LogP contribution < -0.4 is 15.0 Å². The van der Waals surface area contributed by atoms with Crippen molar-refractivity contribution in [1.29, 1.82) is 0 Å². The summed E-state index contributed by atoms with van der Waals surface area (Å²) in [5.41, 5.74) is 3.08. The van der Waals surface area contributed by atoms with E-state index in [1.165, 1.54) is 6.42 Å². The van der Waals surface area contributed by atoms with Crippen molar-refractivity contribution in [3.63, 3.8) is 0 Å². The predicted molar refractivity (Wildman–Crippen MR) is 148 cm³/mol. The minimum absolute atomic E-state index is 0.0572. The van der Waals surface area contributed by atoms with Crippen LogP contribution >= 0.6 is 11.6 Å². The smallest absolute Gasteiger partial charge is 0.294 e. The van der Waals surface area contributed by atoms with Crippen LogP contribution in [0.1, 0.15) is 54.6 Å². The molecule has 190 valence electrons. The van der Waals surface area contributed by atoms with E-state index in [2.05, 4.69) is 19.2 Å². The second-order valence-electron chi connectivity index (χ2n) is 10.1. The third kappa shape index (κ3) is 5.57. The van der Waals surface area contributed by atoms with E-state index >= 15 is 0 Å². The lowest BCUT2D eigenvalue weighted by Gasteiger charge is -2.34. The predicted octanol–water partition coefficient (Wildman–Crippen LogP) is 6.86. The number of halogens is 1. The number of para-hydroxylation sites is 2. The van der Waals surface area contributed by atoms with E-state index < -0.39 is 0 Å². The number of rotatable bonds is 5. The first-order valence-electron chi connectivity index (χ1n) is 12.8. The first-order chi connectivity index (χ1) is 17.9. The van der Waals surface area contributed by atoms with Gasteiger partial charge in [-0.05, 0) is 71.9 Å². The molecule has 1 heterocycles. The summed E-state index contributed by atoms with van der Waals surface area (Å²) in [4.78, 5) is 28.0. The number of carbonyl (C=O) groups is 2. The van der Waals surface area contributed by atoms with Gasteiger partial charge in [-0.3, -0.25) is 14.5 Å². The van der Waals surface area contributed by atoms with Crippen LogP contribution in [0.2, 0.25) is 5.02 Å². The molecule has 0 saturated heterocycles. The molecule has 6 heteroatoms. The van der Waals surface area contributed by atoms with E-state index in [1.54, 1.807) is 23.1 Å². The largest absolute Gasteiger partial charge is 0.449 e. The van der Waals surface area contributed by atoms with Crippen LogP contribution in [0.5, 0.6) is 5.75 Å². The number of ether oxygens (including phenoxy) is 1. The Hall–Kier alpha value is -3.57. The number of nitrogens with one attached hydrogen (secondary N) is 1. The highest BCUT2D eigenvalue weighted by molar-refractivity contribution is 6.30. The number of fused-ring (bicyclic) bond motifs is 1. The fourth-order valence-electron chi connectivity index (χ4n) is 5.11. The van der Waals surface area contributed by atoms with E-state index in [1.807, 2.05) is 60.7 Å². The quantitative estimate of drug-likeness (QED) is 0.378. The summed E-state index contributed by atoms with van der Waals surface area (Å²) in [6, 6.07) is 22.4. The Morgan fingerprint density at radius 1 is 1.03 bits per heavy atom. The summed E-state index contributed by atoms with van der Waals surface area (Å²) in [5.74, 6) is 1.65. The van der Waals surface area contributed by atoms with E-state index in [0.29, 0.717) is 34.7 Å². The standard InChI is InChI=1S/C31H31ClN2O3/c1-20-6-5-7-26(21(20)2)33-30(35)24-14-10-22(11-15-24)18-29-31(36)34(19-23-12-16-25(32)17-13-23)27-8-3-4-9-28(27)37-29/h3-4,8-18,20-21,26H,5-7,19H2,1-2H3,(H,33,35)/b29-18-/t20-,21+,26-/m1/s1. The Morgan fingerprint density at radius 2 is 1.76 bits per heavy atom. The van der Waals surface area contributed by atoms with Crippen molar-refractivity contribution in [1.82, 2.24) is 5.32 Å². The second kappa shape index (κ2) is 10.8. The van der Waals surface area contributed by atoms with Gasteiger partial charge in [0, 0.05) is 16.6 Å². The number of anilines is 1. The molecule has 1 N–H and O–H groups in total. The molecular formula is C31H31ClN2O3. The van der Waals surface area contributed by atoms with Crippen molar-refractivity contribution < 1.29 is 14.3 Å². The van der Waals surface area contributed by atoms with Crippen molar-refractivity contribution in [2.45, 2.75) is 45.7 Å². The van der Waals surface area contributed by atoms with Gasteiger partial charge in [0.2, 0.25) is 0 Å². The Bertz CT molecular complexity index is 1320. The summed E-state index contributed by atoms with van der Waals surface area (Å²) < 4.78 is 6.00. The molecule has 3 aromatic carbocycles. The van der Waals surface area contributed by atoms with Gasteiger partial charge in [-0.2, -0.15) is 0 Å². The topological polar surface area (TPSA) is 58.6 Å². The van der Waals surface area contributed by atoms with E-state index in [4.69, 9.17) is 16.3 Å². The van der Waals surface area contributed by atoms with Gasteiger partial charge >= 0.3 is 0 Å². The zero-order valence-corrected chi connectivity index (χ0v) is 21.9. The molecular weight excluding hydrogens is 484 g/mol. The lowest BCUT2D eigenvalue weighted by Crippen LogP contribution is -2.43. The number of benzene rings is 3. The Labute approximate surface area is 223 Å². The molecule has 2 aliphatic rings. The van der Waals surface area contributed by atoms with Gasteiger partial charge in [-0.25, -0.2) is 0 Å². The fourth-order valence-corrected chi connectivity index (χ4v) is 5.24. The van der Waals surface area contributed by atoms with Crippen LogP contribution in [-0.4, -0.2) is 17.9 Å². The van der Waals surface area contributed by atoms with Crippen molar-refractivity contribution in [2.24, 2.45) is 11.8 Å². The number of hydrogen-bond donors (Lipinski definition) is 1. The number of hydrogen-bond acceptors (Lipinski definition) is 3. The van der Waals surface area contributed by atoms with Crippen molar-refractivity contribution in [3.05, 3.63) is 100 Å². The summed E-state index contributed by atoms with van der Waals surface area (Å²) in [5, 5.41) is 3.87. The Morgan fingerprint density at radius 3 is 2.51 bits per heavy atom. The molecule has 3 aromatic rings. The molecule has 5 rings (SSSR count). The normalized spacial score (nSPS) is 22.4. The van der Waals surface area contributed by atoms with Gasteiger partial charge in [-0.15, -0.1) is 0 Å². The molecule has 0 spiro atoms. The van der Waals surface area contributed by atoms with E-state index in [0.717, 1.165) is 29.7 Å². The highest BCUT2D eigenvalue weighted by Crippen LogP contribution is 2.36. The molecule has 0 aromatic heterocycles. The van der Waals surface area contributed by atoms with Crippen LogP contribution in [0.25, 0.3) is 6.08 Å². The zero-order valence-electron chi connectivity index (χ0n) is 21.1. The monoisotopic (exact) mass is 514 g/mol. The highest BCUT2D eigenvalue weighted by Gasteiger charge is 2.31. The first kappa shape index (κ1) is 25.1. The molecule has 0 unspecified atom stereocenters. The number of nitrogens with zero attached hydrogens (tertiary/aromatic N) is 1. The van der Waals surface area contributed by atoms with Crippen LogP contribution in [0.4, 0.5) is 5.69 Å². The van der Waals surface area contributed by atoms with E-state index in [-0.39, 0.29) is 23.6 Å². The fraction of sp³-hybridized carbons (Fsp3) is 0.290. The van der Waals surface area contributed by atoms with Crippen LogP contribution in [0, 0.1) is 11.8 Å². The van der Waals surface area contributed by atoms with Gasteiger partial charge in [0.15, 0.2) is 11.5 Å². The molecule has 37 heavy (non-hydrogen) atoms. The zero-order chi connectivity index (χ0) is 25.9. The van der Waals surface area contributed by atoms with E-state index in [9.17, 15) is 9.59 Å². The Kier molecular flexibility index (Phi) is 7.33. The highest BCUT2D eigenvalue weighted by atomic mass is 35.5. The van der Waals surface area contributed by atoms with Crippen molar-refractivity contribution >= 4 is 35.2 Å². The maximum atomic E-state index is 13.5. The molecule has 1 fully saturated rings. The van der Waals surface area contributed by atoms with Crippen LogP contribution in [0.3, 0.4) is 0 Å². The molecule has 1 aliphatic carbocycles. The molecule has 1 saturated carbocycles. The average molecular weight is 515 g/mol. The van der Waals surface area contributed by atoms with Gasteiger partial charge in [0.25, 0.3) is 11.8 Å². The SMILES string of the molecule is C[C@H]1[C@H](C)CCC[C@H]1NC(=O)c1ccc(/C=C2\Oc3ccccc3N(Cc3ccc(Cl)cc3)C2=O)cc1. The van der Waals surface area contributed by atoms with Gasteiger partial charge < -0.3 is 10.1 Å². The van der Waals surface area contributed by atoms with Crippen molar-refractivity contribution in [2.75, 3.05) is 4.90 Å². The van der Waals surface area contributed by atoms with Crippen molar-refractivity contribution in [3.8, 4) is 5.75 Å². The third-order valence-corrected chi connectivity index (χ3v) is 7.83. The minimum Gasteiger partial charge on any atom is -0.449 e. The molecule has 1 aliphatic heterocycles. The molecule has 0 radical (unpaired) electrons. The number of amides is 2. The minimum atomic E-state index is -0.226. The third-order valence-electron chi connectivity index (χ3n) is 7.58. The lowest BCUT2D eigenvalue weighted by atomic mass is 9.78. The first-order valence-corrected chi connectivity index (χ1v) is 13.2. The molecule has 3 atom stereocenters. The molecule has 5 nitrogen and oxygen atoms in total.